The number of aliphatic carboxylic acids is 1. The van der Waals surface area contributed by atoms with Gasteiger partial charge in [-0.3, -0.25) is 19.3 Å². The molecule has 1 saturated heterocycles. The number of carbonyl (C=O) groups excluding carboxylic acids is 2. The fraction of sp³-hybridized carbons (Fsp3) is 0.455. The van der Waals surface area contributed by atoms with E-state index in [1.54, 1.807) is 23.9 Å². The van der Waals surface area contributed by atoms with Crippen molar-refractivity contribution in [3.05, 3.63) is 44.4 Å². The number of aromatic amines is 1. The summed E-state index contributed by atoms with van der Waals surface area (Å²) < 4.78 is 0. The number of rotatable bonds is 3. The van der Waals surface area contributed by atoms with E-state index in [4.69, 9.17) is 0 Å². The van der Waals surface area contributed by atoms with Gasteiger partial charge in [0.1, 0.15) is 11.8 Å². The van der Waals surface area contributed by atoms with Crippen molar-refractivity contribution in [3.63, 3.8) is 0 Å². The van der Waals surface area contributed by atoms with E-state index in [0.29, 0.717) is 0 Å². The number of phenolic OH excluding ortho intramolecular Hbond substituents is 1. The Morgan fingerprint density at radius 3 is 2.44 bits per heavy atom. The van der Waals surface area contributed by atoms with Crippen LogP contribution in [0.15, 0.2) is 34.1 Å². The maximum absolute atomic E-state index is 13.3. The number of aromatic hydroxyl groups is 1. The third-order valence-electron chi connectivity index (χ3n) is 7.75. The first-order valence-electron chi connectivity index (χ1n) is 10.6. The van der Waals surface area contributed by atoms with E-state index >= 15 is 0 Å². The minimum atomic E-state index is -1.19. The summed E-state index contributed by atoms with van der Waals surface area (Å²) in [7, 11) is 0. The first-order chi connectivity index (χ1) is 15.3. The standard InChI is InChI=1S/C22H20N2O6S2/c1-7(21(28)29)24-19(26)14-10-6-11(15(14)20(24)27)16-13(10)12(8-2-4-9(25)5-3-8)17-18(31-16)23-22(30)32-17/h2-5,7,10-16,25H,6H2,1H3,(H,23,30)(H,28,29)/t7-,10-,11-,12-,13+,14-,15+,16-/m1/s1. The van der Waals surface area contributed by atoms with Gasteiger partial charge < -0.3 is 15.2 Å². The second-order valence-electron chi connectivity index (χ2n) is 9.11. The summed E-state index contributed by atoms with van der Waals surface area (Å²) in [5, 5.41) is 20.1. The molecule has 1 aromatic heterocycles. The molecule has 3 N–H and O–H groups in total. The van der Waals surface area contributed by atoms with E-state index in [-0.39, 0.29) is 51.4 Å². The first-order valence-corrected chi connectivity index (χ1v) is 12.3. The normalized spacial score (nSPS) is 35.5. The molecule has 3 heterocycles. The number of thiazole rings is 1. The molecule has 0 unspecified atom stereocenters. The number of aromatic nitrogens is 1. The summed E-state index contributed by atoms with van der Waals surface area (Å²) in [5.74, 6) is -2.95. The zero-order valence-corrected chi connectivity index (χ0v) is 18.6. The van der Waals surface area contributed by atoms with Crippen LogP contribution in [0.25, 0.3) is 0 Å². The van der Waals surface area contributed by atoms with Gasteiger partial charge in [-0.1, -0.05) is 23.5 Å². The third kappa shape index (κ3) is 2.50. The van der Waals surface area contributed by atoms with Gasteiger partial charge in [-0.25, -0.2) is 4.79 Å². The summed E-state index contributed by atoms with van der Waals surface area (Å²) in [6.45, 7) is 1.38. The Bertz CT molecular complexity index is 1220. The largest absolute Gasteiger partial charge is 0.508 e. The molecule has 2 bridgehead atoms. The number of hydrogen-bond acceptors (Lipinski definition) is 7. The lowest BCUT2D eigenvalue weighted by molar-refractivity contribution is -0.154. The highest BCUT2D eigenvalue weighted by Crippen LogP contribution is 2.68. The third-order valence-corrected chi connectivity index (χ3v) is 10.3. The highest BCUT2D eigenvalue weighted by atomic mass is 32.2. The monoisotopic (exact) mass is 472 g/mol. The molecule has 3 fully saturated rings. The molecule has 8 atom stereocenters. The number of nitrogens with zero attached hydrogens (tertiary/aromatic N) is 1. The molecule has 1 aromatic carbocycles. The van der Waals surface area contributed by atoms with Gasteiger partial charge in [0.15, 0.2) is 0 Å². The number of nitrogens with one attached hydrogen (secondary N) is 1. The molecule has 10 heteroatoms. The second kappa shape index (κ2) is 6.71. The number of imide groups is 1. The summed E-state index contributed by atoms with van der Waals surface area (Å²) in [4.78, 5) is 54.9. The van der Waals surface area contributed by atoms with Gasteiger partial charge in [-0.2, -0.15) is 0 Å². The topological polar surface area (TPSA) is 128 Å². The van der Waals surface area contributed by atoms with Crippen molar-refractivity contribution in [2.75, 3.05) is 0 Å². The zero-order valence-electron chi connectivity index (χ0n) is 16.9. The number of benzene rings is 1. The summed E-state index contributed by atoms with van der Waals surface area (Å²) in [6, 6.07) is 5.77. The summed E-state index contributed by atoms with van der Waals surface area (Å²) >= 11 is 2.76. The van der Waals surface area contributed by atoms with Crippen LogP contribution in [0.4, 0.5) is 0 Å². The molecule has 0 radical (unpaired) electrons. The highest BCUT2D eigenvalue weighted by Gasteiger charge is 2.70. The molecule has 6 rings (SSSR count). The number of hydrogen-bond donors (Lipinski definition) is 3. The van der Waals surface area contributed by atoms with Crippen molar-refractivity contribution in [2.45, 2.75) is 35.6 Å². The van der Waals surface area contributed by atoms with Crippen molar-refractivity contribution < 1.29 is 24.6 Å². The number of thioether (sulfide) groups is 1. The number of amides is 2. The zero-order chi connectivity index (χ0) is 22.5. The van der Waals surface area contributed by atoms with Crippen LogP contribution in [0.3, 0.4) is 0 Å². The molecule has 0 spiro atoms. The number of fused-ring (bicyclic) bond motifs is 9. The average molecular weight is 473 g/mol. The van der Waals surface area contributed by atoms with E-state index in [9.17, 15) is 29.4 Å². The van der Waals surface area contributed by atoms with Crippen LogP contribution in [0.5, 0.6) is 5.75 Å². The van der Waals surface area contributed by atoms with Crippen LogP contribution >= 0.6 is 23.1 Å². The van der Waals surface area contributed by atoms with Gasteiger partial charge >= 0.3 is 10.8 Å². The highest BCUT2D eigenvalue weighted by molar-refractivity contribution is 8.00. The lowest BCUT2D eigenvalue weighted by atomic mass is 9.68. The van der Waals surface area contributed by atoms with Crippen molar-refractivity contribution in [3.8, 4) is 5.75 Å². The fourth-order valence-electron chi connectivity index (χ4n) is 6.59. The molecule has 2 aromatic rings. The van der Waals surface area contributed by atoms with Gasteiger partial charge in [-0.05, 0) is 48.8 Å². The maximum Gasteiger partial charge on any atom is 0.326 e. The Morgan fingerprint density at radius 1 is 1.12 bits per heavy atom. The Balaban J connectivity index is 1.45. The molecular formula is C22H20N2O6S2. The van der Waals surface area contributed by atoms with Crippen molar-refractivity contribution in [2.24, 2.45) is 29.6 Å². The van der Waals surface area contributed by atoms with Crippen molar-refractivity contribution >= 4 is 40.9 Å². The Labute approximate surface area is 190 Å². The van der Waals surface area contributed by atoms with Crippen LogP contribution in [-0.2, 0) is 14.4 Å². The molecule has 2 saturated carbocycles. The smallest absolute Gasteiger partial charge is 0.326 e. The molecule has 166 valence electrons. The molecule has 4 aliphatic rings. The van der Waals surface area contributed by atoms with Gasteiger partial charge in [0, 0.05) is 16.0 Å². The predicted molar refractivity (Wildman–Crippen MR) is 116 cm³/mol. The van der Waals surface area contributed by atoms with Gasteiger partial charge in [0.25, 0.3) is 0 Å². The molecule has 32 heavy (non-hydrogen) atoms. The second-order valence-corrected chi connectivity index (χ2v) is 11.3. The number of carboxylic acid groups (broad SMARTS) is 1. The Hall–Kier alpha value is -2.59. The van der Waals surface area contributed by atoms with E-state index in [2.05, 4.69) is 4.98 Å². The van der Waals surface area contributed by atoms with Crippen LogP contribution < -0.4 is 4.87 Å². The van der Waals surface area contributed by atoms with E-state index in [0.717, 1.165) is 26.8 Å². The number of likely N-dealkylation sites (tertiary alicyclic amines) is 1. The first kappa shape index (κ1) is 20.0. The lowest BCUT2D eigenvalue weighted by Gasteiger charge is -2.43. The summed E-state index contributed by atoms with van der Waals surface area (Å²) in [6.07, 6.45) is 0.748. The van der Waals surface area contributed by atoms with Crippen LogP contribution in [0, 0.1) is 29.6 Å². The SMILES string of the molecule is C[C@H](C(=O)O)N1C(=O)[C@@H]2[C@@H]3C[C@@H]([C@H]4Sc5[nH]c(=O)sc5[C@H](c5ccc(O)cc5)[C@H]34)[C@@H]2C1=O. The number of phenols is 1. The molecule has 8 nitrogen and oxygen atoms in total. The molecule has 2 aliphatic heterocycles. The average Bonchev–Trinajstić information content (AvgIpc) is 3.47. The minimum absolute atomic E-state index is 0.0430. The maximum atomic E-state index is 13.3. The molecule has 2 aliphatic carbocycles. The fourth-order valence-corrected chi connectivity index (χ4v) is 9.48. The summed E-state index contributed by atoms with van der Waals surface area (Å²) in [5.41, 5.74) is 0.964. The van der Waals surface area contributed by atoms with Gasteiger partial charge in [0.05, 0.1) is 16.9 Å². The van der Waals surface area contributed by atoms with E-state index < -0.39 is 23.8 Å². The van der Waals surface area contributed by atoms with Gasteiger partial charge in [-0.15, -0.1) is 11.8 Å². The van der Waals surface area contributed by atoms with Crippen LogP contribution in [0.2, 0.25) is 0 Å². The number of carboxylic acids is 1. The lowest BCUT2D eigenvalue weighted by Crippen LogP contribution is -2.44. The van der Waals surface area contributed by atoms with Crippen molar-refractivity contribution in [1.82, 2.24) is 9.88 Å². The van der Waals surface area contributed by atoms with E-state index in [1.807, 2.05) is 12.1 Å². The van der Waals surface area contributed by atoms with Crippen LogP contribution in [-0.4, -0.2) is 49.2 Å². The van der Waals surface area contributed by atoms with Crippen molar-refractivity contribution in [1.29, 1.82) is 0 Å². The Kier molecular flexibility index (Phi) is 4.20. The quantitative estimate of drug-likeness (QED) is 0.584. The predicted octanol–water partition coefficient (Wildman–Crippen LogP) is 2.09. The van der Waals surface area contributed by atoms with E-state index in [1.165, 1.54) is 18.3 Å². The number of carbonyl (C=O) groups is 3. The number of H-pyrrole nitrogens is 1. The minimum Gasteiger partial charge on any atom is -0.508 e. The van der Waals surface area contributed by atoms with Crippen LogP contribution in [0.1, 0.15) is 29.7 Å². The molecular weight excluding hydrogens is 452 g/mol. The molecule has 2 amide bonds. The Morgan fingerprint density at radius 2 is 1.78 bits per heavy atom. The van der Waals surface area contributed by atoms with Gasteiger partial charge in [0.2, 0.25) is 11.8 Å².